The Morgan fingerprint density at radius 1 is 1.09 bits per heavy atom. The first-order chi connectivity index (χ1) is 15.1. The van der Waals surface area contributed by atoms with Crippen molar-refractivity contribution in [2.75, 3.05) is 23.3 Å². The Morgan fingerprint density at radius 3 is 2.34 bits per heavy atom. The maximum Gasteiger partial charge on any atom is 0.416 e. The molecule has 32 heavy (non-hydrogen) atoms. The van der Waals surface area contributed by atoms with Gasteiger partial charge in [0.25, 0.3) is 0 Å². The van der Waals surface area contributed by atoms with Gasteiger partial charge in [0.1, 0.15) is 0 Å². The van der Waals surface area contributed by atoms with Gasteiger partial charge in [-0.3, -0.25) is 10.1 Å². The van der Waals surface area contributed by atoms with Crippen molar-refractivity contribution in [2.24, 2.45) is 0 Å². The van der Waals surface area contributed by atoms with Gasteiger partial charge >= 0.3 is 6.18 Å². The molecule has 0 atom stereocenters. The number of alkyl halides is 3. The molecule has 1 aliphatic rings. The molecule has 3 rings (SSSR count). The summed E-state index contributed by atoms with van der Waals surface area (Å²) in [7, 11) is 0. The highest BCUT2D eigenvalue weighted by molar-refractivity contribution is 7.80. The van der Waals surface area contributed by atoms with Crippen LogP contribution in [0.3, 0.4) is 0 Å². The second-order valence-corrected chi connectivity index (χ2v) is 8.43. The number of anilines is 2. The minimum Gasteiger partial charge on any atom is -0.370 e. The van der Waals surface area contributed by atoms with Crippen molar-refractivity contribution in [3.8, 4) is 0 Å². The van der Waals surface area contributed by atoms with Gasteiger partial charge in [0.2, 0.25) is 5.91 Å². The number of thiocarbonyl (C=S) groups is 1. The van der Waals surface area contributed by atoms with Gasteiger partial charge < -0.3 is 10.2 Å². The first-order valence-electron chi connectivity index (χ1n) is 10.5. The van der Waals surface area contributed by atoms with Crippen LogP contribution in [0.25, 0.3) is 6.08 Å². The molecule has 0 unspecified atom stereocenters. The number of carbonyl (C=O) groups is 1. The normalized spacial score (nSPS) is 14.2. The molecule has 8 heteroatoms. The van der Waals surface area contributed by atoms with E-state index in [1.54, 1.807) is 6.08 Å². The van der Waals surface area contributed by atoms with Crippen LogP contribution in [0.15, 0.2) is 48.5 Å². The molecule has 0 spiro atoms. The van der Waals surface area contributed by atoms with Crippen LogP contribution in [0.1, 0.15) is 49.3 Å². The van der Waals surface area contributed by atoms with Gasteiger partial charge in [0.05, 0.1) is 16.9 Å². The number of nitrogens with zero attached hydrogens (tertiary/aromatic N) is 1. The van der Waals surface area contributed by atoms with Crippen LogP contribution in [-0.4, -0.2) is 24.1 Å². The lowest BCUT2D eigenvalue weighted by molar-refractivity contribution is -0.137. The molecule has 170 valence electrons. The molecule has 1 heterocycles. The van der Waals surface area contributed by atoms with Crippen LogP contribution in [-0.2, 0) is 11.0 Å². The molecule has 2 aromatic rings. The zero-order valence-corrected chi connectivity index (χ0v) is 18.8. The van der Waals surface area contributed by atoms with Crippen LogP contribution < -0.4 is 15.5 Å². The van der Waals surface area contributed by atoms with Crippen LogP contribution in [0.5, 0.6) is 0 Å². The summed E-state index contributed by atoms with van der Waals surface area (Å²) < 4.78 is 39.6. The molecule has 0 saturated carbocycles. The Balaban J connectivity index is 1.68. The van der Waals surface area contributed by atoms with Crippen LogP contribution >= 0.6 is 12.2 Å². The number of benzene rings is 2. The van der Waals surface area contributed by atoms with Crippen molar-refractivity contribution < 1.29 is 18.0 Å². The largest absolute Gasteiger partial charge is 0.416 e. The quantitative estimate of drug-likeness (QED) is 0.426. The SMILES string of the molecule is CC(C)c1ccc(/C=C/C(=O)NC(=S)Nc2cc(C(F)(F)F)ccc2N2CCCC2)cc1. The summed E-state index contributed by atoms with van der Waals surface area (Å²) in [5.41, 5.74) is 2.14. The van der Waals surface area contributed by atoms with Crippen molar-refractivity contribution in [3.63, 3.8) is 0 Å². The first kappa shape index (κ1) is 23.8. The summed E-state index contributed by atoms with van der Waals surface area (Å²) >= 11 is 5.18. The number of carbonyl (C=O) groups excluding carboxylic acids is 1. The lowest BCUT2D eigenvalue weighted by Crippen LogP contribution is -2.33. The molecule has 1 saturated heterocycles. The summed E-state index contributed by atoms with van der Waals surface area (Å²) in [6, 6.07) is 11.4. The number of rotatable bonds is 5. The van der Waals surface area contributed by atoms with E-state index >= 15 is 0 Å². The highest BCUT2D eigenvalue weighted by atomic mass is 32.1. The topological polar surface area (TPSA) is 44.4 Å². The third-order valence-electron chi connectivity index (χ3n) is 5.29. The van der Waals surface area contributed by atoms with Gasteiger partial charge in [-0.1, -0.05) is 38.1 Å². The fourth-order valence-corrected chi connectivity index (χ4v) is 3.73. The fourth-order valence-electron chi connectivity index (χ4n) is 3.52. The standard InChI is InChI=1S/C24H26F3N3OS/c1-16(2)18-8-5-17(6-9-18)7-12-22(31)29-23(32)28-20-15-19(24(25,26)27)10-11-21(20)30-13-3-4-14-30/h5-12,15-16H,3-4,13-14H2,1-2H3,(H2,28,29,31,32)/b12-7+. The molecule has 2 N–H and O–H groups in total. The van der Waals surface area contributed by atoms with Gasteiger partial charge in [-0.15, -0.1) is 0 Å². The second-order valence-electron chi connectivity index (χ2n) is 8.02. The highest BCUT2D eigenvalue weighted by Gasteiger charge is 2.31. The maximum atomic E-state index is 13.2. The summed E-state index contributed by atoms with van der Waals surface area (Å²) in [6.45, 7) is 5.73. The molecular weight excluding hydrogens is 435 g/mol. The monoisotopic (exact) mass is 461 g/mol. The molecule has 0 aromatic heterocycles. The molecule has 1 aliphatic heterocycles. The summed E-state index contributed by atoms with van der Waals surface area (Å²) in [5, 5.41) is 5.21. The van der Waals surface area contributed by atoms with E-state index in [0.717, 1.165) is 43.6 Å². The molecule has 0 radical (unpaired) electrons. The minimum absolute atomic E-state index is 0.0606. The average molecular weight is 462 g/mol. The van der Waals surface area contributed by atoms with Crippen LogP contribution in [0, 0.1) is 0 Å². The predicted molar refractivity (Wildman–Crippen MR) is 127 cm³/mol. The number of halogens is 3. The van der Waals surface area contributed by atoms with Crippen molar-refractivity contribution in [3.05, 3.63) is 65.2 Å². The summed E-state index contributed by atoms with van der Waals surface area (Å²) in [5.74, 6) is -0.0498. The molecule has 2 aromatic carbocycles. The van der Waals surface area contributed by atoms with Crippen molar-refractivity contribution >= 4 is 40.7 Å². The van der Waals surface area contributed by atoms with Gasteiger partial charge in [0.15, 0.2) is 5.11 Å². The number of nitrogens with one attached hydrogen (secondary N) is 2. The van der Waals surface area contributed by atoms with E-state index in [0.29, 0.717) is 11.6 Å². The Morgan fingerprint density at radius 2 is 1.75 bits per heavy atom. The molecule has 0 aliphatic carbocycles. The Labute approximate surface area is 191 Å². The third kappa shape index (κ3) is 6.32. The number of amides is 1. The van der Waals surface area contributed by atoms with Crippen molar-refractivity contribution in [1.82, 2.24) is 5.32 Å². The van der Waals surface area contributed by atoms with Gasteiger partial charge in [-0.05, 0) is 66.4 Å². The zero-order chi connectivity index (χ0) is 23.3. The maximum absolute atomic E-state index is 13.2. The Kier molecular flexibility index (Phi) is 7.56. The zero-order valence-electron chi connectivity index (χ0n) is 18.0. The first-order valence-corrected chi connectivity index (χ1v) is 10.9. The Bertz CT molecular complexity index is 995. The van der Waals surface area contributed by atoms with E-state index in [1.165, 1.54) is 17.7 Å². The number of hydrogen-bond donors (Lipinski definition) is 2. The average Bonchev–Trinajstić information content (AvgIpc) is 3.26. The molecular formula is C24H26F3N3OS. The van der Waals surface area contributed by atoms with Crippen molar-refractivity contribution in [2.45, 2.75) is 38.8 Å². The second kappa shape index (κ2) is 10.2. The van der Waals surface area contributed by atoms with Crippen LogP contribution in [0.4, 0.5) is 24.5 Å². The summed E-state index contributed by atoms with van der Waals surface area (Å²) in [4.78, 5) is 14.3. The number of hydrogen-bond acceptors (Lipinski definition) is 3. The van der Waals surface area contributed by atoms with Gasteiger partial charge in [0, 0.05) is 19.2 Å². The molecule has 0 bridgehead atoms. The minimum atomic E-state index is -4.47. The predicted octanol–water partition coefficient (Wildman–Crippen LogP) is 5.96. The van der Waals surface area contributed by atoms with Gasteiger partial charge in [-0.2, -0.15) is 13.2 Å². The molecule has 1 amide bonds. The van der Waals surface area contributed by atoms with Crippen LogP contribution in [0.2, 0.25) is 0 Å². The summed E-state index contributed by atoms with van der Waals surface area (Å²) in [6.07, 6.45) is 0.474. The third-order valence-corrected chi connectivity index (χ3v) is 5.49. The van der Waals surface area contributed by atoms with E-state index in [4.69, 9.17) is 12.2 Å². The van der Waals surface area contributed by atoms with E-state index in [9.17, 15) is 18.0 Å². The molecule has 4 nitrogen and oxygen atoms in total. The Hall–Kier alpha value is -2.87. The van der Waals surface area contributed by atoms with E-state index < -0.39 is 17.6 Å². The smallest absolute Gasteiger partial charge is 0.370 e. The molecule has 1 fully saturated rings. The lowest BCUT2D eigenvalue weighted by Gasteiger charge is -2.23. The van der Waals surface area contributed by atoms with E-state index in [1.807, 2.05) is 29.2 Å². The highest BCUT2D eigenvalue weighted by Crippen LogP contribution is 2.36. The fraction of sp³-hybridized carbons (Fsp3) is 0.333. The lowest BCUT2D eigenvalue weighted by atomic mass is 10.0. The van der Waals surface area contributed by atoms with Gasteiger partial charge in [-0.25, -0.2) is 0 Å². The van der Waals surface area contributed by atoms with E-state index in [-0.39, 0.29) is 10.8 Å². The van der Waals surface area contributed by atoms with Crippen molar-refractivity contribution in [1.29, 1.82) is 0 Å². The van der Waals surface area contributed by atoms with E-state index in [2.05, 4.69) is 24.5 Å².